The number of amides is 2. The fraction of sp³-hybridized carbons (Fsp3) is 0.250. The summed E-state index contributed by atoms with van der Waals surface area (Å²) in [5.41, 5.74) is 0.501. The summed E-state index contributed by atoms with van der Waals surface area (Å²) in [5.74, 6) is 0.580. The summed E-state index contributed by atoms with van der Waals surface area (Å²) in [6.07, 6.45) is 1.19. The van der Waals surface area contributed by atoms with Crippen molar-refractivity contribution in [3.63, 3.8) is 0 Å². The van der Waals surface area contributed by atoms with Gasteiger partial charge in [-0.1, -0.05) is 11.6 Å². The molecule has 0 aliphatic carbocycles. The van der Waals surface area contributed by atoms with Crippen molar-refractivity contribution in [3.8, 4) is 0 Å². The Morgan fingerprint density at radius 1 is 1.22 bits per heavy atom. The molecule has 4 nitrogen and oxygen atoms in total. The average molecular weight is 369 g/mol. The number of benzene rings is 1. The lowest BCUT2D eigenvalue weighted by Gasteiger charge is -2.06. The molecule has 0 spiro atoms. The van der Waals surface area contributed by atoms with Gasteiger partial charge in [0.1, 0.15) is 5.00 Å². The zero-order chi connectivity index (χ0) is 16.7. The number of hydrogen-bond acceptors (Lipinski definition) is 4. The molecule has 7 heteroatoms. The number of thiophene rings is 1. The molecule has 0 aliphatic heterocycles. The third-order valence-corrected chi connectivity index (χ3v) is 5.20. The standard InChI is InChI=1S/C16H17ClN2O2S2/c1-18-15(21)13-8-10-23-16(13)19-14(20)3-2-9-22-12-6-4-11(17)5-7-12/h4-8,10H,2-3,9H2,1H3,(H,18,21)(H,19,20). The molecule has 2 aromatic rings. The number of nitrogens with one attached hydrogen (secondary N) is 2. The van der Waals surface area contributed by atoms with Crippen molar-refractivity contribution in [2.45, 2.75) is 17.7 Å². The normalized spacial score (nSPS) is 10.3. The van der Waals surface area contributed by atoms with Gasteiger partial charge in [0.2, 0.25) is 5.91 Å². The van der Waals surface area contributed by atoms with E-state index in [2.05, 4.69) is 10.6 Å². The minimum atomic E-state index is -0.195. The molecule has 2 N–H and O–H groups in total. The van der Waals surface area contributed by atoms with Crippen molar-refractivity contribution in [2.75, 3.05) is 18.1 Å². The van der Waals surface area contributed by atoms with Crippen molar-refractivity contribution < 1.29 is 9.59 Å². The Balaban J connectivity index is 1.74. The molecular formula is C16H17ClN2O2S2. The van der Waals surface area contributed by atoms with Crippen LogP contribution in [0.2, 0.25) is 5.02 Å². The van der Waals surface area contributed by atoms with E-state index in [9.17, 15) is 9.59 Å². The smallest absolute Gasteiger partial charge is 0.254 e. The van der Waals surface area contributed by atoms with Crippen LogP contribution in [0.4, 0.5) is 5.00 Å². The lowest BCUT2D eigenvalue weighted by atomic mass is 10.3. The first-order chi connectivity index (χ1) is 11.1. The molecule has 0 saturated heterocycles. The van der Waals surface area contributed by atoms with E-state index in [1.165, 1.54) is 11.3 Å². The number of rotatable bonds is 7. The van der Waals surface area contributed by atoms with E-state index in [1.807, 2.05) is 24.3 Å². The molecule has 2 amide bonds. The predicted molar refractivity (Wildman–Crippen MR) is 97.7 cm³/mol. The SMILES string of the molecule is CNC(=O)c1ccsc1NC(=O)CCCSc1ccc(Cl)cc1. The Bertz CT molecular complexity index is 671. The van der Waals surface area contributed by atoms with Gasteiger partial charge in [0.15, 0.2) is 0 Å². The lowest BCUT2D eigenvalue weighted by molar-refractivity contribution is -0.116. The van der Waals surface area contributed by atoms with Crippen molar-refractivity contribution in [1.29, 1.82) is 0 Å². The Kier molecular flexibility index (Phi) is 6.95. The van der Waals surface area contributed by atoms with Crippen molar-refractivity contribution in [3.05, 3.63) is 46.3 Å². The van der Waals surface area contributed by atoms with Gasteiger partial charge < -0.3 is 10.6 Å². The number of halogens is 1. The van der Waals surface area contributed by atoms with E-state index in [0.717, 1.165) is 22.1 Å². The van der Waals surface area contributed by atoms with Crippen molar-refractivity contribution >= 4 is 51.5 Å². The maximum absolute atomic E-state index is 12.0. The van der Waals surface area contributed by atoms with E-state index >= 15 is 0 Å². The molecule has 2 rings (SSSR count). The number of anilines is 1. The van der Waals surface area contributed by atoms with Crippen LogP contribution in [0.5, 0.6) is 0 Å². The van der Waals surface area contributed by atoms with Gasteiger partial charge in [-0.25, -0.2) is 0 Å². The second-order valence-corrected chi connectivity index (χ2v) is 7.22. The molecular weight excluding hydrogens is 352 g/mol. The molecule has 0 bridgehead atoms. The van der Waals surface area contributed by atoms with Crippen LogP contribution in [0, 0.1) is 0 Å². The third-order valence-electron chi connectivity index (χ3n) is 3.02. The monoisotopic (exact) mass is 368 g/mol. The largest absolute Gasteiger partial charge is 0.355 e. The van der Waals surface area contributed by atoms with E-state index < -0.39 is 0 Å². The van der Waals surface area contributed by atoms with Gasteiger partial charge >= 0.3 is 0 Å². The van der Waals surface area contributed by atoms with Gasteiger partial charge in [-0.2, -0.15) is 0 Å². The summed E-state index contributed by atoms with van der Waals surface area (Å²) in [6, 6.07) is 9.35. The summed E-state index contributed by atoms with van der Waals surface area (Å²) in [4.78, 5) is 24.8. The average Bonchev–Trinajstić information content (AvgIpc) is 3.00. The molecule has 23 heavy (non-hydrogen) atoms. The Morgan fingerprint density at radius 3 is 2.65 bits per heavy atom. The molecule has 0 unspecified atom stereocenters. The molecule has 0 atom stereocenters. The van der Waals surface area contributed by atoms with Gasteiger partial charge in [0.25, 0.3) is 5.91 Å². The molecule has 0 saturated carbocycles. The highest BCUT2D eigenvalue weighted by molar-refractivity contribution is 7.99. The minimum Gasteiger partial charge on any atom is -0.355 e. The zero-order valence-corrected chi connectivity index (χ0v) is 15.0. The van der Waals surface area contributed by atoms with Gasteiger partial charge in [-0.3, -0.25) is 9.59 Å². The van der Waals surface area contributed by atoms with Gasteiger partial charge in [-0.05, 0) is 47.9 Å². The van der Waals surface area contributed by atoms with Crippen LogP contribution in [0.1, 0.15) is 23.2 Å². The Morgan fingerprint density at radius 2 is 1.96 bits per heavy atom. The maximum atomic E-state index is 12.0. The number of hydrogen-bond donors (Lipinski definition) is 2. The van der Waals surface area contributed by atoms with Crippen LogP contribution in [0.25, 0.3) is 0 Å². The van der Waals surface area contributed by atoms with Crippen LogP contribution < -0.4 is 10.6 Å². The second kappa shape index (κ2) is 8.96. The summed E-state index contributed by atoms with van der Waals surface area (Å²) in [5, 5.41) is 8.47. The molecule has 1 aromatic carbocycles. The molecule has 0 aliphatic rings. The quantitative estimate of drug-likeness (QED) is 0.566. The second-order valence-electron chi connectivity index (χ2n) is 4.70. The molecule has 1 heterocycles. The highest BCUT2D eigenvalue weighted by atomic mass is 35.5. The van der Waals surface area contributed by atoms with E-state index in [0.29, 0.717) is 17.0 Å². The highest BCUT2D eigenvalue weighted by Crippen LogP contribution is 2.24. The van der Waals surface area contributed by atoms with Gasteiger partial charge in [-0.15, -0.1) is 23.1 Å². The summed E-state index contributed by atoms with van der Waals surface area (Å²) >= 11 is 8.88. The molecule has 0 fully saturated rings. The van der Waals surface area contributed by atoms with Crippen LogP contribution in [-0.2, 0) is 4.79 Å². The Labute approximate surface area is 148 Å². The maximum Gasteiger partial charge on any atom is 0.254 e. The molecule has 122 valence electrons. The van der Waals surface area contributed by atoms with E-state index in [4.69, 9.17) is 11.6 Å². The summed E-state index contributed by atoms with van der Waals surface area (Å²) < 4.78 is 0. The topological polar surface area (TPSA) is 58.2 Å². The van der Waals surface area contributed by atoms with Crippen LogP contribution in [0.3, 0.4) is 0 Å². The van der Waals surface area contributed by atoms with Gasteiger partial charge in [0, 0.05) is 23.4 Å². The van der Waals surface area contributed by atoms with Crippen LogP contribution >= 0.6 is 34.7 Å². The highest BCUT2D eigenvalue weighted by Gasteiger charge is 2.13. The summed E-state index contributed by atoms with van der Waals surface area (Å²) in [6.45, 7) is 0. The first-order valence-corrected chi connectivity index (χ1v) is 9.32. The fourth-order valence-electron chi connectivity index (χ4n) is 1.86. The minimum absolute atomic E-state index is 0.0747. The first-order valence-electron chi connectivity index (χ1n) is 7.08. The number of carbonyl (C=O) groups excluding carboxylic acids is 2. The van der Waals surface area contributed by atoms with Crippen LogP contribution in [0.15, 0.2) is 40.6 Å². The first kappa shape index (κ1) is 17.8. The van der Waals surface area contributed by atoms with Crippen molar-refractivity contribution in [2.24, 2.45) is 0 Å². The lowest BCUT2D eigenvalue weighted by Crippen LogP contribution is -2.20. The predicted octanol–water partition coefficient (Wildman–Crippen LogP) is 4.27. The van der Waals surface area contributed by atoms with E-state index in [1.54, 1.807) is 30.3 Å². The summed E-state index contributed by atoms with van der Waals surface area (Å²) in [7, 11) is 1.57. The van der Waals surface area contributed by atoms with Gasteiger partial charge in [0.05, 0.1) is 5.56 Å². The zero-order valence-electron chi connectivity index (χ0n) is 12.6. The fourth-order valence-corrected chi connectivity index (χ4v) is 3.64. The van der Waals surface area contributed by atoms with Crippen LogP contribution in [-0.4, -0.2) is 24.6 Å². The Hall–Kier alpha value is -1.50. The third kappa shape index (κ3) is 5.57. The van der Waals surface area contributed by atoms with E-state index in [-0.39, 0.29) is 11.8 Å². The molecule has 1 aromatic heterocycles. The van der Waals surface area contributed by atoms with Crippen molar-refractivity contribution in [1.82, 2.24) is 5.32 Å². The molecule has 0 radical (unpaired) electrons. The number of carbonyl (C=O) groups is 2. The number of thioether (sulfide) groups is 1.